The van der Waals surface area contributed by atoms with Crippen molar-refractivity contribution in [3.63, 3.8) is 0 Å². The van der Waals surface area contributed by atoms with Gasteiger partial charge in [-0.1, -0.05) is 52.7 Å². The number of nitrogens with one attached hydrogen (secondary N) is 1. The molecule has 1 amide bonds. The van der Waals surface area contributed by atoms with Crippen LogP contribution in [0.4, 0.5) is 0 Å². The number of amides is 1. The number of carbonyl (C=O) groups is 1. The summed E-state index contributed by atoms with van der Waals surface area (Å²) < 4.78 is 1.01. The molecule has 4 heteroatoms. The monoisotopic (exact) mass is 400 g/mol. The van der Waals surface area contributed by atoms with Crippen molar-refractivity contribution in [2.75, 3.05) is 13.1 Å². The van der Waals surface area contributed by atoms with Gasteiger partial charge in [-0.2, -0.15) is 0 Å². The zero-order valence-corrected chi connectivity index (χ0v) is 16.3. The molecule has 0 bridgehead atoms. The lowest BCUT2D eigenvalue weighted by molar-refractivity contribution is 0.0939. The van der Waals surface area contributed by atoms with Crippen LogP contribution in [0.2, 0.25) is 0 Å². The minimum absolute atomic E-state index is 0.0345. The Bertz CT molecular complexity index is 708. The van der Waals surface area contributed by atoms with Gasteiger partial charge in [-0.3, -0.25) is 9.69 Å². The fourth-order valence-electron chi connectivity index (χ4n) is 3.32. The van der Waals surface area contributed by atoms with Gasteiger partial charge in [-0.25, -0.2) is 0 Å². The highest BCUT2D eigenvalue weighted by molar-refractivity contribution is 9.10. The molecule has 3 rings (SSSR count). The summed E-state index contributed by atoms with van der Waals surface area (Å²) in [6.45, 7) is 5.36. The van der Waals surface area contributed by atoms with E-state index in [0.29, 0.717) is 5.56 Å². The van der Waals surface area contributed by atoms with Crippen LogP contribution in [-0.4, -0.2) is 23.9 Å². The summed E-state index contributed by atoms with van der Waals surface area (Å²) in [5.74, 6) is -0.0345. The Balaban J connectivity index is 1.59. The van der Waals surface area contributed by atoms with Gasteiger partial charge >= 0.3 is 0 Å². The van der Waals surface area contributed by atoms with Crippen LogP contribution in [0.25, 0.3) is 0 Å². The Morgan fingerprint density at radius 2 is 1.76 bits per heavy atom. The highest BCUT2D eigenvalue weighted by Crippen LogP contribution is 2.23. The summed E-state index contributed by atoms with van der Waals surface area (Å²) in [5.41, 5.74) is 3.07. The van der Waals surface area contributed by atoms with E-state index in [4.69, 9.17) is 0 Å². The van der Waals surface area contributed by atoms with Crippen LogP contribution < -0.4 is 5.32 Å². The largest absolute Gasteiger partial charge is 0.345 e. The maximum atomic E-state index is 12.5. The van der Waals surface area contributed by atoms with Gasteiger partial charge in [0.15, 0.2) is 0 Å². The van der Waals surface area contributed by atoms with Gasteiger partial charge in [0.05, 0.1) is 6.04 Å². The molecular formula is C21H25BrN2O. The topological polar surface area (TPSA) is 32.3 Å². The van der Waals surface area contributed by atoms with E-state index in [-0.39, 0.29) is 11.9 Å². The lowest BCUT2D eigenvalue weighted by Crippen LogP contribution is -2.29. The van der Waals surface area contributed by atoms with E-state index in [1.807, 2.05) is 43.3 Å². The van der Waals surface area contributed by atoms with E-state index in [1.54, 1.807) is 0 Å². The molecule has 3 nitrogen and oxygen atoms in total. The molecule has 1 fully saturated rings. The van der Waals surface area contributed by atoms with Gasteiger partial charge in [-0.05, 0) is 62.2 Å². The average Bonchev–Trinajstić information content (AvgIpc) is 2.63. The Labute approximate surface area is 158 Å². The van der Waals surface area contributed by atoms with Crippen molar-refractivity contribution in [2.45, 2.75) is 38.8 Å². The first-order valence-electron chi connectivity index (χ1n) is 9.00. The van der Waals surface area contributed by atoms with Gasteiger partial charge < -0.3 is 5.32 Å². The summed E-state index contributed by atoms with van der Waals surface area (Å²) in [7, 11) is 0. The molecule has 1 aliphatic heterocycles. The molecule has 2 aromatic carbocycles. The molecule has 0 unspecified atom stereocenters. The van der Waals surface area contributed by atoms with Gasteiger partial charge in [0, 0.05) is 16.6 Å². The van der Waals surface area contributed by atoms with Crippen LogP contribution in [0, 0.1) is 0 Å². The molecule has 0 aliphatic carbocycles. The molecule has 2 aromatic rings. The Morgan fingerprint density at radius 3 is 2.44 bits per heavy atom. The summed E-state index contributed by atoms with van der Waals surface area (Å²) in [6.07, 6.45) is 3.95. The first-order valence-corrected chi connectivity index (χ1v) is 9.79. The second-order valence-electron chi connectivity index (χ2n) is 6.75. The lowest BCUT2D eigenvalue weighted by Gasteiger charge is -2.26. The van der Waals surface area contributed by atoms with E-state index >= 15 is 0 Å². The first-order chi connectivity index (χ1) is 12.1. The molecule has 0 spiro atoms. The van der Waals surface area contributed by atoms with Crippen LogP contribution in [0.3, 0.4) is 0 Å². The van der Waals surface area contributed by atoms with Crippen LogP contribution in [0.5, 0.6) is 0 Å². The average molecular weight is 401 g/mol. The van der Waals surface area contributed by atoms with E-state index in [2.05, 4.69) is 38.3 Å². The molecule has 0 saturated carbocycles. The smallest absolute Gasteiger partial charge is 0.251 e. The Morgan fingerprint density at radius 1 is 1.08 bits per heavy atom. The third kappa shape index (κ3) is 4.93. The molecule has 1 heterocycles. The van der Waals surface area contributed by atoms with Gasteiger partial charge in [0.1, 0.15) is 0 Å². The van der Waals surface area contributed by atoms with E-state index < -0.39 is 0 Å². The second kappa shape index (κ2) is 8.63. The number of hydrogen-bond acceptors (Lipinski definition) is 2. The maximum Gasteiger partial charge on any atom is 0.251 e. The highest BCUT2D eigenvalue weighted by Gasteiger charge is 2.14. The molecule has 1 N–H and O–H groups in total. The van der Waals surface area contributed by atoms with Gasteiger partial charge in [-0.15, -0.1) is 0 Å². The first kappa shape index (κ1) is 18.2. The maximum absolute atomic E-state index is 12.5. The number of nitrogens with zero attached hydrogens (tertiary/aromatic N) is 1. The highest BCUT2D eigenvalue weighted by atomic mass is 79.9. The van der Waals surface area contributed by atoms with Crippen molar-refractivity contribution in [2.24, 2.45) is 0 Å². The number of likely N-dealkylation sites (tertiary alicyclic amines) is 1. The third-order valence-electron chi connectivity index (χ3n) is 4.79. The fourth-order valence-corrected chi connectivity index (χ4v) is 3.95. The van der Waals surface area contributed by atoms with Crippen molar-refractivity contribution in [3.8, 4) is 0 Å². The number of halogens is 1. The summed E-state index contributed by atoms with van der Waals surface area (Å²) in [4.78, 5) is 15.0. The summed E-state index contributed by atoms with van der Waals surface area (Å²) in [5, 5.41) is 3.07. The number of hydrogen-bond donors (Lipinski definition) is 1. The molecular weight excluding hydrogens is 376 g/mol. The molecule has 0 aromatic heterocycles. The molecule has 1 atom stereocenters. The van der Waals surface area contributed by atoms with Crippen molar-refractivity contribution in [3.05, 3.63) is 69.7 Å². The number of carbonyl (C=O) groups excluding carboxylic acids is 1. The second-order valence-corrected chi connectivity index (χ2v) is 7.60. The van der Waals surface area contributed by atoms with Crippen molar-refractivity contribution in [1.82, 2.24) is 10.2 Å². The van der Waals surface area contributed by atoms with E-state index in [9.17, 15) is 4.79 Å². The van der Waals surface area contributed by atoms with Crippen LogP contribution in [-0.2, 0) is 6.54 Å². The molecule has 1 saturated heterocycles. The zero-order valence-electron chi connectivity index (χ0n) is 14.7. The number of rotatable bonds is 5. The summed E-state index contributed by atoms with van der Waals surface area (Å²) >= 11 is 3.54. The number of benzene rings is 2. The number of piperidine rings is 1. The van der Waals surface area contributed by atoms with E-state index in [1.165, 1.54) is 37.9 Å². The SMILES string of the molecule is C[C@@H](NC(=O)c1ccc(CN2CCCCC2)cc1)c1ccccc1Br. The fraction of sp³-hybridized carbons (Fsp3) is 0.381. The van der Waals surface area contributed by atoms with Crippen molar-refractivity contribution >= 4 is 21.8 Å². The van der Waals surface area contributed by atoms with Gasteiger partial charge in [0.2, 0.25) is 0 Å². The van der Waals surface area contributed by atoms with Crippen LogP contribution in [0.15, 0.2) is 53.0 Å². The predicted molar refractivity (Wildman–Crippen MR) is 106 cm³/mol. The Kier molecular flexibility index (Phi) is 6.27. The normalized spacial score (nSPS) is 16.4. The zero-order chi connectivity index (χ0) is 17.6. The third-order valence-corrected chi connectivity index (χ3v) is 5.51. The molecule has 1 aliphatic rings. The molecule has 0 radical (unpaired) electrons. The van der Waals surface area contributed by atoms with E-state index in [0.717, 1.165) is 16.6 Å². The molecule has 25 heavy (non-hydrogen) atoms. The summed E-state index contributed by atoms with van der Waals surface area (Å²) in [6, 6.07) is 15.9. The lowest BCUT2D eigenvalue weighted by atomic mass is 10.1. The quantitative estimate of drug-likeness (QED) is 0.771. The Hall–Kier alpha value is -1.65. The standard InChI is InChI=1S/C21H25BrN2O/c1-16(19-7-3-4-8-20(19)22)23-21(25)18-11-9-17(10-12-18)15-24-13-5-2-6-14-24/h3-4,7-12,16H,2,5-6,13-15H2,1H3,(H,23,25)/t16-/m1/s1. The minimum atomic E-state index is -0.0453. The van der Waals surface area contributed by atoms with Crippen molar-refractivity contribution < 1.29 is 4.79 Å². The van der Waals surface area contributed by atoms with Crippen LogP contribution >= 0.6 is 15.9 Å². The minimum Gasteiger partial charge on any atom is -0.345 e. The molecule has 132 valence electrons. The predicted octanol–water partition coefficient (Wildman–Crippen LogP) is 4.93. The van der Waals surface area contributed by atoms with Crippen molar-refractivity contribution in [1.29, 1.82) is 0 Å². The van der Waals surface area contributed by atoms with Gasteiger partial charge in [0.25, 0.3) is 5.91 Å². The van der Waals surface area contributed by atoms with Crippen LogP contribution in [0.1, 0.15) is 53.7 Å².